The number of likely N-dealkylation sites (tertiary alicyclic amines) is 1. The van der Waals surface area contributed by atoms with Crippen LogP contribution in [-0.2, 0) is 6.54 Å². The van der Waals surface area contributed by atoms with Gasteiger partial charge in [0, 0.05) is 30.1 Å². The van der Waals surface area contributed by atoms with Crippen LogP contribution < -0.4 is 15.4 Å². The molecule has 0 saturated carbocycles. The maximum Gasteiger partial charge on any atom is 0.317 e. The Labute approximate surface area is 157 Å². The van der Waals surface area contributed by atoms with Crippen molar-refractivity contribution >= 4 is 23.2 Å². The van der Waals surface area contributed by atoms with Gasteiger partial charge in [-0.2, -0.15) is 0 Å². The maximum absolute atomic E-state index is 12.3. The maximum atomic E-state index is 12.3. The van der Waals surface area contributed by atoms with Crippen molar-refractivity contribution in [2.75, 3.05) is 25.0 Å². The number of amides is 2. The first-order chi connectivity index (χ1) is 12.7. The summed E-state index contributed by atoms with van der Waals surface area (Å²) in [4.78, 5) is 23.8. The van der Waals surface area contributed by atoms with Crippen LogP contribution in [0.3, 0.4) is 0 Å². The van der Waals surface area contributed by atoms with Gasteiger partial charge in [0.2, 0.25) is 5.88 Å². The number of nitrogens with zero attached hydrogens (tertiary/aromatic N) is 3. The molecule has 1 aliphatic heterocycles. The van der Waals surface area contributed by atoms with E-state index in [2.05, 4.69) is 39.0 Å². The Kier molecular flexibility index (Phi) is 6.27. The second kappa shape index (κ2) is 8.84. The summed E-state index contributed by atoms with van der Waals surface area (Å²) >= 11 is 1.68. The first kappa shape index (κ1) is 18.4. The molecule has 2 aromatic rings. The van der Waals surface area contributed by atoms with Gasteiger partial charge in [0.05, 0.1) is 13.2 Å². The molecule has 0 unspecified atom stereocenters. The summed E-state index contributed by atoms with van der Waals surface area (Å²) in [6.07, 6.45) is 3.28. The van der Waals surface area contributed by atoms with E-state index in [1.54, 1.807) is 11.3 Å². The Bertz CT molecular complexity index is 728. The number of aromatic nitrogens is 2. The molecule has 2 aromatic heterocycles. The lowest BCUT2D eigenvalue weighted by Gasteiger charge is -2.32. The van der Waals surface area contributed by atoms with E-state index < -0.39 is 0 Å². The molecule has 2 N–H and O–H groups in total. The summed E-state index contributed by atoms with van der Waals surface area (Å²) in [6, 6.07) is 4.19. The Morgan fingerprint density at radius 1 is 1.38 bits per heavy atom. The minimum absolute atomic E-state index is 0.0110. The quantitative estimate of drug-likeness (QED) is 0.811. The first-order valence-electron chi connectivity index (χ1n) is 8.93. The summed E-state index contributed by atoms with van der Waals surface area (Å²) < 4.78 is 5.40. The molecule has 0 radical (unpaired) electrons. The number of aryl methyl sites for hydroxylation is 1. The lowest BCUT2D eigenvalue weighted by Crippen LogP contribution is -2.46. The average Bonchev–Trinajstić information content (AvgIpc) is 3.06. The van der Waals surface area contributed by atoms with Gasteiger partial charge in [-0.3, -0.25) is 0 Å². The minimum atomic E-state index is 0.0110. The zero-order valence-electron chi connectivity index (χ0n) is 15.2. The molecule has 3 rings (SSSR count). The fraction of sp³-hybridized carbons (Fsp3) is 0.500. The van der Waals surface area contributed by atoms with Crippen LogP contribution in [0, 0.1) is 6.92 Å². The van der Waals surface area contributed by atoms with E-state index in [0.717, 1.165) is 31.7 Å². The number of ether oxygens (including phenoxy) is 1. The highest BCUT2D eigenvalue weighted by Gasteiger charge is 2.23. The van der Waals surface area contributed by atoms with Gasteiger partial charge >= 0.3 is 6.03 Å². The van der Waals surface area contributed by atoms with Crippen LogP contribution in [-0.4, -0.2) is 46.6 Å². The molecule has 8 heteroatoms. The molecule has 2 amide bonds. The highest BCUT2D eigenvalue weighted by Crippen LogP contribution is 2.18. The molecule has 7 nitrogen and oxygen atoms in total. The first-order valence-corrected chi connectivity index (χ1v) is 9.80. The van der Waals surface area contributed by atoms with Crippen molar-refractivity contribution in [3.63, 3.8) is 0 Å². The zero-order chi connectivity index (χ0) is 18.4. The van der Waals surface area contributed by atoms with E-state index in [9.17, 15) is 4.79 Å². The predicted molar refractivity (Wildman–Crippen MR) is 103 cm³/mol. The largest absolute Gasteiger partial charge is 0.478 e. The number of carbonyl (C=O) groups is 1. The average molecular weight is 375 g/mol. The molecular formula is C18H25N5O2S. The summed E-state index contributed by atoms with van der Waals surface area (Å²) in [5, 5.41) is 8.49. The third kappa shape index (κ3) is 4.85. The standard InChI is InChI=1S/C18H25N5O2S/c1-3-25-17-10-16(20-12-21-17)22-14-4-7-23(8-5-14)18(24)19-11-15-13(2)6-9-26-15/h6,9-10,12,14H,3-5,7-8,11H2,1-2H3,(H,19,24)(H,20,21,22). The Morgan fingerprint density at radius 3 is 2.88 bits per heavy atom. The van der Waals surface area contributed by atoms with Crippen molar-refractivity contribution in [1.29, 1.82) is 0 Å². The van der Waals surface area contributed by atoms with Crippen molar-refractivity contribution in [2.24, 2.45) is 0 Å². The lowest BCUT2D eigenvalue weighted by atomic mass is 10.1. The van der Waals surface area contributed by atoms with Crippen molar-refractivity contribution in [2.45, 2.75) is 39.3 Å². The van der Waals surface area contributed by atoms with Gasteiger partial charge in [-0.1, -0.05) is 0 Å². The Morgan fingerprint density at radius 2 is 2.19 bits per heavy atom. The predicted octanol–water partition coefficient (Wildman–Crippen LogP) is 3.03. The lowest BCUT2D eigenvalue weighted by molar-refractivity contribution is 0.183. The van der Waals surface area contributed by atoms with Crippen LogP contribution in [0.25, 0.3) is 0 Å². The van der Waals surface area contributed by atoms with Crippen LogP contribution in [0.15, 0.2) is 23.8 Å². The van der Waals surface area contributed by atoms with Crippen LogP contribution in [0.1, 0.15) is 30.2 Å². The molecular weight excluding hydrogens is 350 g/mol. The Balaban J connectivity index is 1.44. The monoisotopic (exact) mass is 375 g/mol. The molecule has 26 heavy (non-hydrogen) atoms. The number of hydrogen-bond acceptors (Lipinski definition) is 6. The molecule has 0 aliphatic carbocycles. The smallest absolute Gasteiger partial charge is 0.317 e. The second-order valence-electron chi connectivity index (χ2n) is 6.27. The molecule has 1 fully saturated rings. The molecule has 140 valence electrons. The molecule has 0 aromatic carbocycles. The summed E-state index contributed by atoms with van der Waals surface area (Å²) in [5.41, 5.74) is 1.23. The highest BCUT2D eigenvalue weighted by molar-refractivity contribution is 7.10. The fourth-order valence-corrected chi connectivity index (χ4v) is 3.78. The number of rotatable bonds is 6. The van der Waals surface area contributed by atoms with Gasteiger partial charge < -0.3 is 20.3 Å². The Hall–Kier alpha value is -2.35. The molecule has 1 saturated heterocycles. The van der Waals surface area contributed by atoms with Gasteiger partial charge in [-0.15, -0.1) is 11.3 Å². The van der Waals surface area contributed by atoms with Crippen LogP contribution in [0.4, 0.5) is 10.6 Å². The number of piperidine rings is 1. The van der Waals surface area contributed by atoms with E-state index in [1.807, 2.05) is 17.9 Å². The molecule has 3 heterocycles. The topological polar surface area (TPSA) is 79.4 Å². The van der Waals surface area contributed by atoms with E-state index in [-0.39, 0.29) is 6.03 Å². The van der Waals surface area contributed by atoms with Gasteiger partial charge in [0.1, 0.15) is 12.1 Å². The zero-order valence-corrected chi connectivity index (χ0v) is 16.0. The van der Waals surface area contributed by atoms with Crippen molar-refractivity contribution in [1.82, 2.24) is 20.2 Å². The normalized spacial score (nSPS) is 14.9. The number of thiophene rings is 1. The number of nitrogens with one attached hydrogen (secondary N) is 2. The van der Waals surface area contributed by atoms with Gasteiger partial charge in [0.15, 0.2) is 0 Å². The second-order valence-corrected chi connectivity index (χ2v) is 7.27. The molecule has 1 aliphatic rings. The van der Waals surface area contributed by atoms with Gasteiger partial charge in [0.25, 0.3) is 0 Å². The highest BCUT2D eigenvalue weighted by atomic mass is 32.1. The number of urea groups is 1. The van der Waals surface area contributed by atoms with Gasteiger partial charge in [-0.05, 0) is 43.7 Å². The number of carbonyl (C=O) groups excluding carboxylic acids is 1. The SMILES string of the molecule is CCOc1cc(NC2CCN(C(=O)NCc3sccc3C)CC2)ncn1. The summed E-state index contributed by atoms with van der Waals surface area (Å²) in [5.74, 6) is 1.34. The van der Waals surface area contributed by atoms with Crippen molar-refractivity contribution < 1.29 is 9.53 Å². The number of hydrogen-bond donors (Lipinski definition) is 2. The minimum Gasteiger partial charge on any atom is -0.478 e. The van der Waals surface area contributed by atoms with E-state index in [0.29, 0.717) is 25.1 Å². The fourth-order valence-electron chi connectivity index (χ4n) is 2.93. The van der Waals surface area contributed by atoms with Crippen molar-refractivity contribution in [3.8, 4) is 5.88 Å². The van der Waals surface area contributed by atoms with E-state index >= 15 is 0 Å². The molecule has 0 atom stereocenters. The third-order valence-corrected chi connectivity index (χ3v) is 5.46. The van der Waals surface area contributed by atoms with E-state index in [4.69, 9.17) is 4.74 Å². The van der Waals surface area contributed by atoms with Crippen LogP contribution >= 0.6 is 11.3 Å². The number of anilines is 1. The van der Waals surface area contributed by atoms with Crippen LogP contribution in [0.2, 0.25) is 0 Å². The summed E-state index contributed by atoms with van der Waals surface area (Å²) in [6.45, 7) is 6.64. The van der Waals surface area contributed by atoms with E-state index in [1.165, 1.54) is 16.8 Å². The third-order valence-electron chi connectivity index (χ3n) is 4.44. The van der Waals surface area contributed by atoms with Gasteiger partial charge in [-0.25, -0.2) is 14.8 Å². The molecule has 0 bridgehead atoms. The van der Waals surface area contributed by atoms with Crippen molar-refractivity contribution in [3.05, 3.63) is 34.3 Å². The van der Waals surface area contributed by atoms with Crippen LogP contribution in [0.5, 0.6) is 5.88 Å². The summed E-state index contributed by atoms with van der Waals surface area (Å²) in [7, 11) is 0. The molecule has 0 spiro atoms.